The number of nitrogens with zero attached hydrogens (tertiary/aromatic N) is 5. The van der Waals surface area contributed by atoms with E-state index in [9.17, 15) is 0 Å². The molecule has 0 aromatic carbocycles. The molecular formula is C17H25ClN6O. The zero-order valence-electron chi connectivity index (χ0n) is 15.0. The number of likely N-dealkylation sites (N-methyl/N-ethyl adjacent to an activating group) is 1. The van der Waals surface area contributed by atoms with Crippen LogP contribution < -0.4 is 5.32 Å². The third-order valence-electron chi connectivity index (χ3n) is 4.53. The number of anilines is 1. The molecule has 136 valence electrons. The van der Waals surface area contributed by atoms with Crippen molar-refractivity contribution in [2.75, 3.05) is 38.7 Å². The summed E-state index contributed by atoms with van der Waals surface area (Å²) in [6, 6.07) is 2.03. The van der Waals surface area contributed by atoms with Gasteiger partial charge in [-0.25, -0.2) is 9.97 Å². The Morgan fingerprint density at radius 3 is 2.96 bits per heavy atom. The van der Waals surface area contributed by atoms with Gasteiger partial charge < -0.3 is 15.0 Å². The van der Waals surface area contributed by atoms with Crippen LogP contribution >= 0.6 is 11.6 Å². The van der Waals surface area contributed by atoms with Crippen LogP contribution in [0.15, 0.2) is 12.4 Å². The minimum absolute atomic E-state index is 0.391. The van der Waals surface area contributed by atoms with Gasteiger partial charge in [-0.1, -0.05) is 11.6 Å². The molecule has 0 saturated carbocycles. The number of hydrogen-bond donors (Lipinski definition) is 1. The SMILES string of the molecule is Cc1nn(C)c(Cl)c1CN(C)CCNc1cc([C@H]2CCOC2)ncn1. The smallest absolute Gasteiger partial charge is 0.131 e. The molecule has 0 unspecified atom stereocenters. The summed E-state index contributed by atoms with van der Waals surface area (Å²) in [6.45, 7) is 6.00. The minimum atomic E-state index is 0.391. The first-order valence-electron chi connectivity index (χ1n) is 8.54. The zero-order chi connectivity index (χ0) is 17.8. The number of aryl methyl sites for hydroxylation is 2. The maximum Gasteiger partial charge on any atom is 0.131 e. The molecule has 0 aliphatic carbocycles. The van der Waals surface area contributed by atoms with Gasteiger partial charge in [0, 0.05) is 50.8 Å². The highest BCUT2D eigenvalue weighted by atomic mass is 35.5. The molecule has 1 aliphatic rings. The lowest BCUT2D eigenvalue weighted by Crippen LogP contribution is -2.25. The molecular weight excluding hydrogens is 340 g/mol. The highest BCUT2D eigenvalue weighted by Gasteiger charge is 2.19. The van der Waals surface area contributed by atoms with E-state index in [-0.39, 0.29) is 0 Å². The molecule has 1 fully saturated rings. The summed E-state index contributed by atoms with van der Waals surface area (Å²) < 4.78 is 7.15. The third-order valence-corrected chi connectivity index (χ3v) is 5.01. The van der Waals surface area contributed by atoms with Crippen molar-refractivity contribution in [3.63, 3.8) is 0 Å². The summed E-state index contributed by atoms with van der Waals surface area (Å²) in [6.07, 6.45) is 2.66. The van der Waals surface area contributed by atoms with Crippen molar-refractivity contribution in [2.24, 2.45) is 7.05 Å². The van der Waals surface area contributed by atoms with E-state index in [1.165, 1.54) is 0 Å². The van der Waals surface area contributed by atoms with Crippen LogP contribution in [-0.2, 0) is 18.3 Å². The molecule has 0 bridgehead atoms. The minimum Gasteiger partial charge on any atom is -0.381 e. The lowest BCUT2D eigenvalue weighted by Gasteiger charge is -2.17. The molecule has 0 spiro atoms. The van der Waals surface area contributed by atoms with Crippen molar-refractivity contribution >= 4 is 17.4 Å². The van der Waals surface area contributed by atoms with Crippen molar-refractivity contribution in [3.05, 3.63) is 34.5 Å². The highest BCUT2D eigenvalue weighted by Crippen LogP contribution is 2.24. The van der Waals surface area contributed by atoms with Crippen molar-refractivity contribution in [3.8, 4) is 0 Å². The number of ether oxygens (including phenoxy) is 1. The second-order valence-electron chi connectivity index (χ2n) is 6.53. The molecule has 1 aliphatic heterocycles. The van der Waals surface area contributed by atoms with Crippen LogP contribution in [0.1, 0.15) is 29.3 Å². The molecule has 0 amide bonds. The van der Waals surface area contributed by atoms with Crippen molar-refractivity contribution in [2.45, 2.75) is 25.8 Å². The second-order valence-corrected chi connectivity index (χ2v) is 6.89. The molecule has 3 heterocycles. The van der Waals surface area contributed by atoms with Gasteiger partial charge in [0.25, 0.3) is 0 Å². The lowest BCUT2D eigenvalue weighted by atomic mass is 10.1. The first-order valence-corrected chi connectivity index (χ1v) is 8.92. The third kappa shape index (κ3) is 4.48. The molecule has 7 nitrogen and oxygen atoms in total. The Hall–Kier alpha value is -1.70. The Morgan fingerprint density at radius 2 is 2.28 bits per heavy atom. The Morgan fingerprint density at radius 1 is 1.44 bits per heavy atom. The summed E-state index contributed by atoms with van der Waals surface area (Å²) in [5.41, 5.74) is 3.12. The van der Waals surface area contributed by atoms with Crippen LogP contribution in [0.4, 0.5) is 5.82 Å². The second kappa shape index (κ2) is 8.12. The summed E-state index contributed by atoms with van der Waals surface area (Å²) in [5, 5.41) is 8.43. The van der Waals surface area contributed by atoms with Crippen molar-refractivity contribution in [1.82, 2.24) is 24.6 Å². The summed E-state index contributed by atoms with van der Waals surface area (Å²) >= 11 is 6.30. The van der Waals surface area contributed by atoms with Crippen LogP contribution in [-0.4, -0.2) is 58.0 Å². The van der Waals surface area contributed by atoms with Crippen LogP contribution in [0.5, 0.6) is 0 Å². The number of halogens is 1. The molecule has 1 atom stereocenters. The van der Waals surface area contributed by atoms with Gasteiger partial charge in [0.05, 0.1) is 18.0 Å². The van der Waals surface area contributed by atoms with Gasteiger partial charge in [-0.05, 0) is 20.4 Å². The van der Waals surface area contributed by atoms with Gasteiger partial charge in [0.1, 0.15) is 17.3 Å². The Kier molecular flexibility index (Phi) is 5.88. The molecule has 0 radical (unpaired) electrons. The fraction of sp³-hybridized carbons (Fsp3) is 0.588. The van der Waals surface area contributed by atoms with Gasteiger partial charge in [0.15, 0.2) is 0 Å². The maximum absolute atomic E-state index is 6.30. The Balaban J connectivity index is 1.50. The monoisotopic (exact) mass is 364 g/mol. The number of nitrogens with one attached hydrogen (secondary N) is 1. The molecule has 8 heteroatoms. The number of rotatable bonds is 7. The van der Waals surface area contributed by atoms with Crippen LogP contribution in [0, 0.1) is 6.92 Å². The van der Waals surface area contributed by atoms with Gasteiger partial charge in [0.2, 0.25) is 0 Å². The highest BCUT2D eigenvalue weighted by molar-refractivity contribution is 6.30. The molecule has 25 heavy (non-hydrogen) atoms. The van der Waals surface area contributed by atoms with E-state index in [4.69, 9.17) is 16.3 Å². The maximum atomic E-state index is 6.30. The average molecular weight is 365 g/mol. The van der Waals surface area contributed by atoms with E-state index in [2.05, 4.69) is 32.3 Å². The number of aromatic nitrogens is 4. The van der Waals surface area contributed by atoms with E-state index in [1.54, 1.807) is 11.0 Å². The fourth-order valence-electron chi connectivity index (χ4n) is 3.04. The van der Waals surface area contributed by atoms with E-state index >= 15 is 0 Å². The van der Waals surface area contributed by atoms with E-state index in [0.29, 0.717) is 11.1 Å². The van der Waals surface area contributed by atoms with Gasteiger partial charge in [-0.15, -0.1) is 0 Å². The quantitative estimate of drug-likeness (QED) is 0.812. The Bertz CT molecular complexity index is 713. The lowest BCUT2D eigenvalue weighted by molar-refractivity contribution is 0.193. The predicted octanol–water partition coefficient (Wildman–Crippen LogP) is 2.22. The van der Waals surface area contributed by atoms with Crippen LogP contribution in [0.2, 0.25) is 5.15 Å². The summed E-state index contributed by atoms with van der Waals surface area (Å²) in [4.78, 5) is 10.9. The van der Waals surface area contributed by atoms with E-state index in [0.717, 1.165) is 62.0 Å². The van der Waals surface area contributed by atoms with Crippen LogP contribution in [0.3, 0.4) is 0 Å². The number of hydrogen-bond acceptors (Lipinski definition) is 6. The summed E-state index contributed by atoms with van der Waals surface area (Å²) in [7, 11) is 3.94. The first kappa shape index (κ1) is 18.1. The van der Waals surface area contributed by atoms with Gasteiger partial charge in [-0.3, -0.25) is 4.68 Å². The average Bonchev–Trinajstić information content (AvgIpc) is 3.20. The van der Waals surface area contributed by atoms with Gasteiger partial charge in [-0.2, -0.15) is 5.10 Å². The topological polar surface area (TPSA) is 68.1 Å². The molecule has 1 N–H and O–H groups in total. The molecule has 3 rings (SSSR count). The Labute approximate surface area is 153 Å². The van der Waals surface area contributed by atoms with Crippen molar-refractivity contribution < 1.29 is 4.74 Å². The largest absolute Gasteiger partial charge is 0.381 e. The predicted molar refractivity (Wildman–Crippen MR) is 98.0 cm³/mol. The molecule has 2 aromatic heterocycles. The first-order chi connectivity index (χ1) is 12.0. The van der Waals surface area contributed by atoms with Crippen molar-refractivity contribution in [1.29, 1.82) is 0 Å². The van der Waals surface area contributed by atoms with E-state index in [1.807, 2.05) is 20.0 Å². The van der Waals surface area contributed by atoms with Gasteiger partial charge >= 0.3 is 0 Å². The fourth-order valence-corrected chi connectivity index (χ4v) is 3.27. The molecule has 1 saturated heterocycles. The summed E-state index contributed by atoms with van der Waals surface area (Å²) in [5.74, 6) is 1.25. The van der Waals surface area contributed by atoms with Crippen LogP contribution in [0.25, 0.3) is 0 Å². The normalized spacial score (nSPS) is 17.4. The standard InChI is InChI=1S/C17H25ClN6O/c1-12-14(17(18)24(3)22-12)9-23(2)6-5-19-16-8-15(20-11-21-16)13-4-7-25-10-13/h8,11,13H,4-7,9-10H2,1-3H3,(H,19,20,21)/t13-/m0/s1. The van der Waals surface area contributed by atoms with E-state index < -0.39 is 0 Å². The zero-order valence-corrected chi connectivity index (χ0v) is 15.8. The molecule has 2 aromatic rings.